The van der Waals surface area contributed by atoms with Gasteiger partial charge in [0.25, 0.3) is 0 Å². The minimum absolute atomic E-state index is 0.0988. The van der Waals surface area contributed by atoms with E-state index in [0.717, 1.165) is 0 Å². The molecule has 1 aliphatic rings. The summed E-state index contributed by atoms with van der Waals surface area (Å²) in [4.78, 5) is 10.7. The molecule has 3 nitrogen and oxygen atoms in total. The van der Waals surface area contributed by atoms with Gasteiger partial charge in [0, 0.05) is 0 Å². The highest BCUT2D eigenvalue weighted by Gasteiger charge is 2.59. The van der Waals surface area contributed by atoms with Crippen LogP contribution in [0.25, 0.3) is 0 Å². The van der Waals surface area contributed by atoms with Crippen molar-refractivity contribution in [3.63, 3.8) is 0 Å². The maximum Gasteiger partial charge on any atom is 0.405 e. The summed E-state index contributed by atoms with van der Waals surface area (Å²) in [6, 6.07) is -2.90. The van der Waals surface area contributed by atoms with Gasteiger partial charge in [0.05, 0.1) is 6.61 Å². The summed E-state index contributed by atoms with van der Waals surface area (Å²) in [5.41, 5.74) is 0. The van der Waals surface area contributed by atoms with Crippen LogP contribution in [-0.2, 0) is 9.53 Å². The molecule has 0 aromatic heterocycles. The number of alkyl halides is 3. The molecule has 6 heteroatoms. The predicted molar refractivity (Wildman–Crippen MR) is 33.4 cm³/mol. The summed E-state index contributed by atoms with van der Waals surface area (Å²) < 4.78 is 39.9. The van der Waals surface area contributed by atoms with E-state index in [9.17, 15) is 18.0 Å². The van der Waals surface area contributed by atoms with Gasteiger partial charge in [-0.3, -0.25) is 10.1 Å². The van der Waals surface area contributed by atoms with Gasteiger partial charge in [0.1, 0.15) is 12.1 Å². The molecule has 1 rings (SSSR count). The third kappa shape index (κ3) is 1.88. The summed E-state index contributed by atoms with van der Waals surface area (Å²) in [7, 11) is 0. The van der Waals surface area contributed by atoms with E-state index in [2.05, 4.69) is 4.74 Å². The number of carbonyl (C=O) groups excluding carboxylic acids is 1. The quantitative estimate of drug-likeness (QED) is 0.499. The zero-order valence-electron chi connectivity index (χ0n) is 6.31. The van der Waals surface area contributed by atoms with E-state index in [4.69, 9.17) is 0 Å². The summed E-state index contributed by atoms with van der Waals surface area (Å²) >= 11 is 0. The number of rotatable bonds is 2. The Morgan fingerprint density at radius 2 is 2.17 bits per heavy atom. The average Bonchev–Trinajstić information content (AvgIpc) is 2.62. The Morgan fingerprint density at radius 3 is 2.50 bits per heavy atom. The molecule has 1 aliphatic heterocycles. The molecule has 0 aliphatic carbocycles. The third-order valence-electron chi connectivity index (χ3n) is 1.48. The number of ether oxygens (including phenoxy) is 1. The van der Waals surface area contributed by atoms with Crippen LogP contribution in [0, 0.1) is 0 Å². The Kier molecular flexibility index (Phi) is 2.27. The average molecular weight is 183 g/mol. The summed E-state index contributed by atoms with van der Waals surface area (Å²) in [6.07, 6.45) is -4.35. The van der Waals surface area contributed by atoms with Crippen LogP contribution < -0.4 is 5.32 Å². The number of nitrogens with one attached hydrogen (secondary N) is 1. The van der Waals surface area contributed by atoms with Gasteiger partial charge in [-0.05, 0) is 6.92 Å². The van der Waals surface area contributed by atoms with E-state index < -0.39 is 24.2 Å². The molecule has 0 spiro atoms. The third-order valence-corrected chi connectivity index (χ3v) is 1.48. The van der Waals surface area contributed by atoms with Crippen molar-refractivity contribution in [2.75, 3.05) is 6.61 Å². The van der Waals surface area contributed by atoms with Gasteiger partial charge in [-0.15, -0.1) is 0 Å². The standard InChI is InChI=1S/C6H8F3NO2/c1-2-12-5(11)3-4(10-3)6(7,8)9/h3-4,10H,2H2,1H3/t3-,4-/m1/s1. The molecule has 0 aromatic rings. The van der Waals surface area contributed by atoms with E-state index in [-0.39, 0.29) is 6.61 Å². The molecule has 70 valence electrons. The highest BCUT2D eigenvalue weighted by molar-refractivity contribution is 5.80. The first kappa shape index (κ1) is 9.31. The zero-order chi connectivity index (χ0) is 9.35. The predicted octanol–water partition coefficient (Wildman–Crippen LogP) is 0.452. The Morgan fingerprint density at radius 1 is 1.58 bits per heavy atom. The van der Waals surface area contributed by atoms with Crippen LogP contribution in [-0.4, -0.2) is 30.8 Å². The minimum atomic E-state index is -4.35. The molecule has 0 amide bonds. The normalized spacial score (nSPS) is 28.3. The lowest BCUT2D eigenvalue weighted by Crippen LogP contribution is -2.24. The van der Waals surface area contributed by atoms with Crippen molar-refractivity contribution in [3.05, 3.63) is 0 Å². The van der Waals surface area contributed by atoms with Crippen LogP contribution >= 0.6 is 0 Å². The van der Waals surface area contributed by atoms with Crippen molar-refractivity contribution in [2.45, 2.75) is 25.2 Å². The molecule has 0 bridgehead atoms. The first-order valence-corrected chi connectivity index (χ1v) is 3.46. The van der Waals surface area contributed by atoms with Crippen LogP contribution in [0.5, 0.6) is 0 Å². The number of halogens is 3. The summed E-state index contributed by atoms with van der Waals surface area (Å²) in [5, 5.41) is 1.99. The zero-order valence-corrected chi connectivity index (χ0v) is 6.31. The van der Waals surface area contributed by atoms with E-state index in [1.165, 1.54) is 0 Å². The molecule has 0 unspecified atom stereocenters. The van der Waals surface area contributed by atoms with Gasteiger partial charge < -0.3 is 4.74 Å². The fourth-order valence-electron chi connectivity index (χ4n) is 0.858. The van der Waals surface area contributed by atoms with Crippen molar-refractivity contribution in [3.8, 4) is 0 Å². The molecule has 12 heavy (non-hydrogen) atoms. The minimum Gasteiger partial charge on any atom is -0.465 e. The number of carbonyl (C=O) groups is 1. The van der Waals surface area contributed by atoms with Crippen molar-refractivity contribution in [2.24, 2.45) is 0 Å². The Balaban J connectivity index is 2.37. The van der Waals surface area contributed by atoms with Crippen LogP contribution in [0.15, 0.2) is 0 Å². The molecule has 0 saturated carbocycles. The maximum absolute atomic E-state index is 11.8. The molecule has 1 N–H and O–H groups in total. The van der Waals surface area contributed by atoms with Crippen molar-refractivity contribution in [1.29, 1.82) is 0 Å². The van der Waals surface area contributed by atoms with Crippen LogP contribution in [0.4, 0.5) is 13.2 Å². The Labute approximate surface area is 66.9 Å². The number of hydrogen-bond acceptors (Lipinski definition) is 3. The molecule has 1 saturated heterocycles. The highest BCUT2D eigenvalue weighted by Crippen LogP contribution is 2.31. The van der Waals surface area contributed by atoms with Gasteiger partial charge in [0.2, 0.25) is 0 Å². The highest BCUT2D eigenvalue weighted by atomic mass is 19.4. The second kappa shape index (κ2) is 2.93. The fraction of sp³-hybridized carbons (Fsp3) is 0.833. The van der Waals surface area contributed by atoms with E-state index in [1.54, 1.807) is 6.92 Å². The molecule has 1 heterocycles. The first-order valence-electron chi connectivity index (χ1n) is 3.46. The molecular weight excluding hydrogens is 175 g/mol. The number of hydrogen-bond donors (Lipinski definition) is 1. The fourth-order valence-corrected chi connectivity index (χ4v) is 0.858. The maximum atomic E-state index is 11.8. The largest absolute Gasteiger partial charge is 0.465 e. The van der Waals surface area contributed by atoms with Crippen LogP contribution in [0.3, 0.4) is 0 Å². The van der Waals surface area contributed by atoms with E-state index in [0.29, 0.717) is 0 Å². The van der Waals surface area contributed by atoms with Crippen molar-refractivity contribution < 1.29 is 22.7 Å². The SMILES string of the molecule is CCOC(=O)[C@@H]1N[C@H]1C(F)(F)F. The van der Waals surface area contributed by atoms with E-state index in [1.807, 2.05) is 5.32 Å². The van der Waals surface area contributed by atoms with Gasteiger partial charge in [-0.1, -0.05) is 0 Å². The Hall–Kier alpha value is -0.780. The van der Waals surface area contributed by atoms with Crippen LogP contribution in [0.2, 0.25) is 0 Å². The lowest BCUT2D eigenvalue weighted by Gasteiger charge is -2.02. The second-order valence-electron chi connectivity index (χ2n) is 2.42. The molecule has 0 radical (unpaired) electrons. The molecular formula is C6H8F3NO2. The monoisotopic (exact) mass is 183 g/mol. The smallest absolute Gasteiger partial charge is 0.405 e. The van der Waals surface area contributed by atoms with Gasteiger partial charge in [-0.25, -0.2) is 0 Å². The lowest BCUT2D eigenvalue weighted by molar-refractivity contribution is -0.149. The molecule has 1 fully saturated rings. The topological polar surface area (TPSA) is 48.2 Å². The van der Waals surface area contributed by atoms with Gasteiger partial charge in [0.15, 0.2) is 0 Å². The lowest BCUT2D eigenvalue weighted by atomic mass is 10.3. The summed E-state index contributed by atoms with van der Waals surface area (Å²) in [6.45, 7) is 1.64. The van der Waals surface area contributed by atoms with Crippen molar-refractivity contribution in [1.82, 2.24) is 5.32 Å². The Bertz CT molecular complexity index is 192. The van der Waals surface area contributed by atoms with Gasteiger partial charge in [-0.2, -0.15) is 13.2 Å². The van der Waals surface area contributed by atoms with Crippen LogP contribution in [0.1, 0.15) is 6.92 Å². The first-order chi connectivity index (χ1) is 5.46. The second-order valence-corrected chi connectivity index (χ2v) is 2.42. The molecule has 0 aromatic carbocycles. The van der Waals surface area contributed by atoms with Gasteiger partial charge >= 0.3 is 12.1 Å². The summed E-state index contributed by atoms with van der Waals surface area (Å²) in [5.74, 6) is -0.833. The van der Waals surface area contributed by atoms with E-state index >= 15 is 0 Å². The molecule has 2 atom stereocenters. The number of esters is 1. The van der Waals surface area contributed by atoms with Crippen molar-refractivity contribution >= 4 is 5.97 Å².